The van der Waals surface area contributed by atoms with Crippen molar-refractivity contribution in [2.24, 2.45) is 5.73 Å². The third kappa shape index (κ3) is 4.56. The van der Waals surface area contributed by atoms with E-state index in [9.17, 15) is 9.59 Å². The Kier molecular flexibility index (Phi) is 7.54. The van der Waals surface area contributed by atoms with E-state index >= 15 is 0 Å². The van der Waals surface area contributed by atoms with Gasteiger partial charge in [0.15, 0.2) is 5.78 Å². The highest BCUT2D eigenvalue weighted by Gasteiger charge is 2.32. The molecule has 1 aromatic heterocycles. The molecular formula is C28H34N2O2. The van der Waals surface area contributed by atoms with Crippen LogP contribution in [-0.2, 0) is 6.54 Å². The number of benzene rings is 2. The SMILES string of the molecule is NCCCCCCCCCCCCn1c2c(c3ccccc3c1=O)C(=O)c1ccccc1-2. The quantitative estimate of drug-likeness (QED) is 0.277. The average Bonchev–Trinajstić information content (AvgIpc) is 3.12. The van der Waals surface area contributed by atoms with Crippen LogP contribution in [0.3, 0.4) is 0 Å². The minimum Gasteiger partial charge on any atom is -0.330 e. The summed E-state index contributed by atoms with van der Waals surface area (Å²) < 4.78 is 1.86. The van der Waals surface area contributed by atoms with Gasteiger partial charge < -0.3 is 10.3 Å². The van der Waals surface area contributed by atoms with Crippen molar-refractivity contribution in [2.75, 3.05) is 6.54 Å². The largest absolute Gasteiger partial charge is 0.330 e. The number of aromatic nitrogens is 1. The topological polar surface area (TPSA) is 65.1 Å². The molecule has 0 amide bonds. The first-order valence-corrected chi connectivity index (χ1v) is 12.2. The van der Waals surface area contributed by atoms with Gasteiger partial charge in [-0.1, -0.05) is 93.8 Å². The number of rotatable bonds is 12. The van der Waals surface area contributed by atoms with E-state index < -0.39 is 0 Å². The fourth-order valence-corrected chi connectivity index (χ4v) is 4.97. The number of nitrogens with two attached hydrogens (primary N) is 1. The summed E-state index contributed by atoms with van der Waals surface area (Å²) in [6, 6.07) is 15.2. The molecule has 0 bridgehead atoms. The molecule has 1 aliphatic rings. The third-order valence-electron chi connectivity index (χ3n) is 6.67. The van der Waals surface area contributed by atoms with Crippen molar-refractivity contribution in [1.29, 1.82) is 0 Å². The molecule has 0 fully saturated rings. The molecule has 4 nitrogen and oxygen atoms in total. The first-order chi connectivity index (χ1) is 15.7. The highest BCUT2D eigenvalue weighted by molar-refractivity contribution is 6.26. The van der Waals surface area contributed by atoms with Gasteiger partial charge in [-0.05, 0) is 25.5 Å². The van der Waals surface area contributed by atoms with Crippen molar-refractivity contribution >= 4 is 16.6 Å². The number of fused-ring (bicyclic) bond motifs is 5. The van der Waals surface area contributed by atoms with Crippen LogP contribution >= 0.6 is 0 Å². The van der Waals surface area contributed by atoms with Gasteiger partial charge in [0.05, 0.1) is 11.3 Å². The highest BCUT2D eigenvalue weighted by atomic mass is 16.1. The summed E-state index contributed by atoms with van der Waals surface area (Å²) in [6.07, 6.45) is 12.1. The number of unbranched alkanes of at least 4 members (excludes halogenated alkanes) is 9. The lowest BCUT2D eigenvalue weighted by atomic mass is 10.0. The number of nitrogens with zero attached hydrogens (tertiary/aromatic N) is 1. The lowest BCUT2D eigenvalue weighted by molar-refractivity contribution is 0.104. The van der Waals surface area contributed by atoms with Gasteiger partial charge in [0.1, 0.15) is 0 Å². The Morgan fingerprint density at radius 3 is 1.81 bits per heavy atom. The summed E-state index contributed by atoms with van der Waals surface area (Å²) in [6.45, 7) is 1.47. The number of ketones is 1. The molecule has 0 unspecified atom stereocenters. The standard InChI is InChI=1S/C28H34N2O2/c29-19-13-7-5-3-1-2-4-6-8-14-20-30-26-22-16-10-11-17-23(22)27(31)25(26)21-15-9-12-18-24(21)28(30)32/h9-12,15-18H,1-8,13-14,19-20,29H2. The van der Waals surface area contributed by atoms with Gasteiger partial charge >= 0.3 is 0 Å². The lowest BCUT2D eigenvalue weighted by Crippen LogP contribution is -2.23. The summed E-state index contributed by atoms with van der Waals surface area (Å²) in [7, 11) is 0. The summed E-state index contributed by atoms with van der Waals surface area (Å²) in [4.78, 5) is 26.6. The average molecular weight is 431 g/mol. The molecule has 168 valence electrons. The second-order valence-electron chi connectivity index (χ2n) is 8.92. The van der Waals surface area contributed by atoms with Crippen LogP contribution < -0.4 is 11.3 Å². The van der Waals surface area contributed by atoms with E-state index in [0.717, 1.165) is 42.5 Å². The maximum Gasteiger partial charge on any atom is 0.258 e. The number of pyridine rings is 1. The molecule has 1 aliphatic carbocycles. The van der Waals surface area contributed by atoms with Crippen LogP contribution in [0.1, 0.15) is 80.1 Å². The molecule has 3 aromatic rings. The van der Waals surface area contributed by atoms with Gasteiger partial charge in [0, 0.05) is 28.4 Å². The van der Waals surface area contributed by atoms with Crippen LogP contribution in [0.4, 0.5) is 0 Å². The predicted molar refractivity (Wildman–Crippen MR) is 132 cm³/mol. The summed E-state index contributed by atoms with van der Waals surface area (Å²) in [5, 5.41) is 1.42. The zero-order valence-corrected chi connectivity index (χ0v) is 18.9. The monoisotopic (exact) mass is 430 g/mol. The molecular weight excluding hydrogens is 396 g/mol. The fourth-order valence-electron chi connectivity index (χ4n) is 4.97. The van der Waals surface area contributed by atoms with Gasteiger partial charge in [-0.2, -0.15) is 0 Å². The molecule has 4 rings (SSSR count). The van der Waals surface area contributed by atoms with Gasteiger partial charge in [0.2, 0.25) is 0 Å². The lowest BCUT2D eigenvalue weighted by Gasteiger charge is -2.15. The van der Waals surface area contributed by atoms with E-state index in [1.165, 1.54) is 44.9 Å². The van der Waals surface area contributed by atoms with Crippen LogP contribution in [0, 0.1) is 0 Å². The molecule has 32 heavy (non-hydrogen) atoms. The first-order valence-electron chi connectivity index (χ1n) is 12.2. The van der Waals surface area contributed by atoms with Crippen molar-refractivity contribution in [2.45, 2.75) is 70.8 Å². The summed E-state index contributed by atoms with van der Waals surface area (Å²) >= 11 is 0. The van der Waals surface area contributed by atoms with Gasteiger partial charge in [-0.15, -0.1) is 0 Å². The number of hydrogen-bond acceptors (Lipinski definition) is 3. The van der Waals surface area contributed by atoms with Crippen molar-refractivity contribution < 1.29 is 4.79 Å². The Balaban J connectivity index is 1.43. The predicted octanol–water partition coefficient (Wildman–Crippen LogP) is 6.07. The minimum atomic E-state index is 0.0151. The number of hydrogen-bond donors (Lipinski definition) is 1. The van der Waals surface area contributed by atoms with Crippen LogP contribution in [0.15, 0.2) is 53.3 Å². The van der Waals surface area contributed by atoms with Crippen molar-refractivity contribution in [1.82, 2.24) is 4.57 Å². The fraction of sp³-hybridized carbons (Fsp3) is 0.429. The number of carbonyl (C=O) groups is 1. The molecule has 2 aromatic carbocycles. The van der Waals surface area contributed by atoms with Gasteiger partial charge in [-0.3, -0.25) is 9.59 Å². The maximum atomic E-state index is 13.4. The van der Waals surface area contributed by atoms with E-state index in [0.29, 0.717) is 23.1 Å². The van der Waals surface area contributed by atoms with Crippen LogP contribution in [0.2, 0.25) is 0 Å². The summed E-state index contributed by atoms with van der Waals surface area (Å²) in [5.41, 5.74) is 8.66. The van der Waals surface area contributed by atoms with Gasteiger partial charge in [-0.25, -0.2) is 0 Å². The Labute approximate surface area is 190 Å². The second-order valence-corrected chi connectivity index (χ2v) is 8.92. The molecule has 4 heteroatoms. The van der Waals surface area contributed by atoms with Crippen molar-refractivity contribution in [3.05, 3.63) is 70.0 Å². The van der Waals surface area contributed by atoms with E-state index in [2.05, 4.69) is 0 Å². The molecule has 0 radical (unpaired) electrons. The maximum absolute atomic E-state index is 13.4. The van der Waals surface area contributed by atoms with Crippen molar-refractivity contribution in [3.63, 3.8) is 0 Å². The van der Waals surface area contributed by atoms with Crippen LogP contribution in [-0.4, -0.2) is 16.9 Å². The highest BCUT2D eigenvalue weighted by Crippen LogP contribution is 2.39. The smallest absolute Gasteiger partial charge is 0.258 e. The van der Waals surface area contributed by atoms with Crippen LogP contribution in [0.25, 0.3) is 22.0 Å². The molecule has 2 N–H and O–H groups in total. The normalized spacial score (nSPS) is 12.3. The molecule has 0 spiro atoms. The number of carbonyl (C=O) groups excluding carboxylic acids is 1. The molecule has 1 heterocycles. The van der Waals surface area contributed by atoms with E-state index in [4.69, 9.17) is 5.73 Å². The van der Waals surface area contributed by atoms with E-state index in [1.54, 1.807) is 0 Å². The Bertz CT molecular complexity index is 1150. The first kappa shape index (κ1) is 22.5. The van der Waals surface area contributed by atoms with Gasteiger partial charge in [0.25, 0.3) is 5.56 Å². The minimum absolute atomic E-state index is 0.0151. The van der Waals surface area contributed by atoms with E-state index in [1.807, 2.05) is 53.1 Å². The van der Waals surface area contributed by atoms with Crippen molar-refractivity contribution in [3.8, 4) is 11.3 Å². The van der Waals surface area contributed by atoms with E-state index in [-0.39, 0.29) is 11.3 Å². The van der Waals surface area contributed by atoms with Crippen LogP contribution in [0.5, 0.6) is 0 Å². The third-order valence-corrected chi connectivity index (χ3v) is 6.67. The molecule has 0 atom stereocenters. The second kappa shape index (κ2) is 10.7. The zero-order valence-electron chi connectivity index (χ0n) is 18.9. The Morgan fingerprint density at radius 1 is 0.625 bits per heavy atom. The molecule has 0 saturated carbocycles. The summed E-state index contributed by atoms with van der Waals surface area (Å²) in [5.74, 6) is 0.0343. The molecule has 0 aliphatic heterocycles. The Morgan fingerprint density at radius 2 is 1.16 bits per heavy atom. The Hall–Kier alpha value is -2.72. The molecule has 0 saturated heterocycles. The zero-order chi connectivity index (χ0) is 22.3.